The van der Waals surface area contributed by atoms with Crippen LogP contribution in [0.3, 0.4) is 0 Å². The van der Waals surface area contributed by atoms with Crippen molar-refractivity contribution >= 4 is 6.09 Å². The number of benzene rings is 1. The maximum Gasteiger partial charge on any atom is 0.405 e. The molecule has 0 saturated carbocycles. The molecule has 1 amide bonds. The largest absolute Gasteiger partial charge is 0.443 e. The molecule has 4 nitrogen and oxygen atoms in total. The normalized spacial score (nSPS) is 11.2. The van der Waals surface area contributed by atoms with Crippen LogP contribution in [-0.2, 0) is 17.8 Å². The van der Waals surface area contributed by atoms with Gasteiger partial charge in [0, 0.05) is 6.42 Å². The summed E-state index contributed by atoms with van der Waals surface area (Å²) in [6, 6.07) is 7.49. The molecule has 1 aromatic carbocycles. The Hall–Kier alpha value is -1.55. The number of primary amides is 1. The van der Waals surface area contributed by atoms with Crippen LogP contribution in [0.25, 0.3) is 0 Å². The average Bonchev–Trinajstić information content (AvgIpc) is 2.15. The summed E-state index contributed by atoms with van der Waals surface area (Å²) in [5.41, 5.74) is 6.11. The van der Waals surface area contributed by atoms with Crippen molar-refractivity contribution in [2.24, 2.45) is 5.73 Å². The third-order valence-corrected chi connectivity index (χ3v) is 2.28. The van der Waals surface area contributed by atoms with Crippen molar-refractivity contribution in [1.82, 2.24) is 0 Å². The molecule has 0 saturated heterocycles. The smallest absolute Gasteiger partial charge is 0.405 e. The molecule has 0 radical (unpaired) electrons. The standard InChI is InChI=1S/C12H17NO3/c1-12(2,16-11(13)15)7-9-5-3-4-6-10(9)8-14/h3-6,14H,7-8H2,1-2H3,(H2,13,15). The van der Waals surface area contributed by atoms with Gasteiger partial charge in [-0.15, -0.1) is 0 Å². The van der Waals surface area contributed by atoms with Crippen LogP contribution in [0.1, 0.15) is 25.0 Å². The van der Waals surface area contributed by atoms with Crippen molar-refractivity contribution in [3.05, 3.63) is 35.4 Å². The summed E-state index contributed by atoms with van der Waals surface area (Å²) in [6.07, 6.45) is -0.265. The molecule has 0 heterocycles. The van der Waals surface area contributed by atoms with Gasteiger partial charge in [0.2, 0.25) is 0 Å². The second-order valence-corrected chi connectivity index (χ2v) is 4.28. The topological polar surface area (TPSA) is 72.6 Å². The fourth-order valence-electron chi connectivity index (χ4n) is 1.65. The van der Waals surface area contributed by atoms with Crippen molar-refractivity contribution < 1.29 is 14.6 Å². The zero-order valence-corrected chi connectivity index (χ0v) is 9.56. The minimum atomic E-state index is -0.786. The van der Waals surface area contributed by atoms with E-state index in [1.54, 1.807) is 13.8 Å². The van der Waals surface area contributed by atoms with Crippen molar-refractivity contribution in [2.45, 2.75) is 32.5 Å². The molecule has 0 spiro atoms. The van der Waals surface area contributed by atoms with Crippen LogP contribution in [0.5, 0.6) is 0 Å². The van der Waals surface area contributed by atoms with E-state index < -0.39 is 11.7 Å². The Balaban J connectivity index is 2.82. The van der Waals surface area contributed by atoms with Crippen LogP contribution in [0, 0.1) is 0 Å². The van der Waals surface area contributed by atoms with E-state index in [9.17, 15) is 4.79 Å². The fourth-order valence-corrected chi connectivity index (χ4v) is 1.65. The molecule has 0 fully saturated rings. The third kappa shape index (κ3) is 3.55. The van der Waals surface area contributed by atoms with Gasteiger partial charge < -0.3 is 15.6 Å². The van der Waals surface area contributed by atoms with Gasteiger partial charge in [-0.3, -0.25) is 0 Å². The van der Waals surface area contributed by atoms with E-state index in [1.165, 1.54) is 0 Å². The first-order valence-electron chi connectivity index (χ1n) is 5.11. The second-order valence-electron chi connectivity index (χ2n) is 4.28. The molecule has 0 aliphatic carbocycles. The highest BCUT2D eigenvalue weighted by atomic mass is 16.6. The van der Waals surface area contributed by atoms with Gasteiger partial charge in [0.25, 0.3) is 0 Å². The Morgan fingerprint density at radius 3 is 2.44 bits per heavy atom. The number of aliphatic hydroxyl groups excluding tert-OH is 1. The third-order valence-electron chi connectivity index (χ3n) is 2.28. The van der Waals surface area contributed by atoms with E-state index in [0.29, 0.717) is 6.42 Å². The summed E-state index contributed by atoms with van der Waals surface area (Å²) in [7, 11) is 0. The van der Waals surface area contributed by atoms with E-state index in [2.05, 4.69) is 0 Å². The first-order chi connectivity index (χ1) is 7.44. The summed E-state index contributed by atoms with van der Waals surface area (Å²) in [5, 5.41) is 9.16. The highest BCUT2D eigenvalue weighted by Crippen LogP contribution is 2.20. The maximum absolute atomic E-state index is 10.7. The molecule has 16 heavy (non-hydrogen) atoms. The number of hydrogen-bond acceptors (Lipinski definition) is 3. The van der Waals surface area contributed by atoms with Crippen molar-refractivity contribution in [1.29, 1.82) is 0 Å². The van der Waals surface area contributed by atoms with Gasteiger partial charge in [0.15, 0.2) is 0 Å². The van der Waals surface area contributed by atoms with E-state index in [0.717, 1.165) is 11.1 Å². The zero-order valence-electron chi connectivity index (χ0n) is 9.56. The van der Waals surface area contributed by atoms with Crippen molar-refractivity contribution in [3.8, 4) is 0 Å². The molecule has 0 bridgehead atoms. The maximum atomic E-state index is 10.7. The second kappa shape index (κ2) is 4.99. The zero-order chi connectivity index (χ0) is 12.2. The lowest BCUT2D eigenvalue weighted by Gasteiger charge is -2.24. The first-order valence-corrected chi connectivity index (χ1v) is 5.11. The SMILES string of the molecule is CC(C)(Cc1ccccc1CO)OC(N)=O. The lowest BCUT2D eigenvalue weighted by atomic mass is 9.95. The van der Waals surface area contributed by atoms with Crippen LogP contribution in [-0.4, -0.2) is 16.8 Å². The van der Waals surface area contributed by atoms with Crippen LogP contribution >= 0.6 is 0 Å². The number of nitrogens with two attached hydrogens (primary N) is 1. The summed E-state index contributed by atoms with van der Waals surface area (Å²) in [6.45, 7) is 3.54. The van der Waals surface area contributed by atoms with Crippen LogP contribution < -0.4 is 5.73 Å². The summed E-state index contributed by atoms with van der Waals surface area (Å²) < 4.78 is 5.00. The van der Waals surface area contributed by atoms with Gasteiger partial charge in [-0.25, -0.2) is 4.79 Å². The molecule has 1 aromatic rings. The number of hydrogen-bond donors (Lipinski definition) is 2. The summed E-state index contributed by atoms with van der Waals surface area (Å²) in [4.78, 5) is 10.7. The van der Waals surface area contributed by atoms with Crippen molar-refractivity contribution in [2.75, 3.05) is 0 Å². The fraction of sp³-hybridized carbons (Fsp3) is 0.417. The molecule has 0 aliphatic rings. The predicted molar refractivity (Wildman–Crippen MR) is 60.8 cm³/mol. The van der Waals surface area contributed by atoms with Crippen LogP contribution in [0.15, 0.2) is 24.3 Å². The molecule has 1 rings (SSSR count). The monoisotopic (exact) mass is 223 g/mol. The molecule has 0 atom stereocenters. The van der Waals surface area contributed by atoms with Gasteiger partial charge in [-0.1, -0.05) is 24.3 Å². The summed E-state index contributed by atoms with van der Waals surface area (Å²) >= 11 is 0. The quantitative estimate of drug-likeness (QED) is 0.814. The predicted octanol–water partition coefficient (Wildman–Crippen LogP) is 1.60. The number of rotatable bonds is 4. The first kappa shape index (κ1) is 12.5. The Bertz CT molecular complexity index is 374. The number of ether oxygens (including phenoxy) is 1. The minimum absolute atomic E-state index is 0.0250. The molecule has 3 N–H and O–H groups in total. The lowest BCUT2D eigenvalue weighted by Crippen LogP contribution is -2.33. The Kier molecular flexibility index (Phi) is 3.90. The van der Waals surface area contributed by atoms with Gasteiger partial charge in [-0.05, 0) is 25.0 Å². The van der Waals surface area contributed by atoms with E-state index in [-0.39, 0.29) is 6.61 Å². The Morgan fingerprint density at radius 2 is 1.94 bits per heavy atom. The highest BCUT2D eigenvalue weighted by molar-refractivity contribution is 5.65. The molecule has 0 unspecified atom stereocenters. The Labute approximate surface area is 95.0 Å². The van der Waals surface area contributed by atoms with Crippen LogP contribution in [0.2, 0.25) is 0 Å². The van der Waals surface area contributed by atoms with Crippen LogP contribution in [0.4, 0.5) is 4.79 Å². The van der Waals surface area contributed by atoms with Gasteiger partial charge in [0.1, 0.15) is 5.60 Å². The van der Waals surface area contributed by atoms with Gasteiger partial charge in [0.05, 0.1) is 6.61 Å². The highest BCUT2D eigenvalue weighted by Gasteiger charge is 2.23. The molecule has 4 heteroatoms. The molecule has 88 valence electrons. The van der Waals surface area contributed by atoms with Crippen molar-refractivity contribution in [3.63, 3.8) is 0 Å². The van der Waals surface area contributed by atoms with E-state index in [4.69, 9.17) is 15.6 Å². The average molecular weight is 223 g/mol. The van der Waals surface area contributed by atoms with Gasteiger partial charge >= 0.3 is 6.09 Å². The number of aliphatic hydroxyl groups is 1. The number of carbonyl (C=O) groups excluding carboxylic acids is 1. The lowest BCUT2D eigenvalue weighted by molar-refractivity contribution is 0.0457. The molecular formula is C12H17NO3. The minimum Gasteiger partial charge on any atom is -0.443 e. The van der Waals surface area contributed by atoms with Gasteiger partial charge in [-0.2, -0.15) is 0 Å². The molecule has 0 aliphatic heterocycles. The van der Waals surface area contributed by atoms with E-state index >= 15 is 0 Å². The molecule has 0 aromatic heterocycles. The molecular weight excluding hydrogens is 206 g/mol. The Morgan fingerprint density at radius 1 is 1.38 bits per heavy atom. The summed E-state index contributed by atoms with van der Waals surface area (Å²) in [5.74, 6) is 0. The van der Waals surface area contributed by atoms with E-state index in [1.807, 2.05) is 24.3 Å². The number of carbonyl (C=O) groups is 1. The number of amides is 1.